The maximum atomic E-state index is 13.5. The average Bonchev–Trinajstić information content (AvgIpc) is 2.21. The largest absolute Gasteiger partial charge is 0.492 e. The number of halogens is 3. The molecule has 0 fully saturated rings. The van der Waals surface area contributed by atoms with Crippen molar-refractivity contribution in [1.82, 2.24) is 5.32 Å². The fraction of sp³-hybridized carbons (Fsp3) is 0.455. The lowest BCUT2D eigenvalue weighted by Gasteiger charge is -2.17. The van der Waals surface area contributed by atoms with Crippen LogP contribution in [0.1, 0.15) is 12.5 Å². The second kappa shape index (κ2) is 5.46. The van der Waals surface area contributed by atoms with E-state index >= 15 is 0 Å². The fourth-order valence-corrected chi connectivity index (χ4v) is 1.56. The number of nitrogens with one attached hydrogen (secondary N) is 1. The molecule has 1 aromatic rings. The van der Waals surface area contributed by atoms with E-state index in [1.165, 1.54) is 25.2 Å². The zero-order chi connectivity index (χ0) is 12.2. The summed E-state index contributed by atoms with van der Waals surface area (Å²) in [4.78, 5) is 0. The molecule has 0 saturated carbocycles. The lowest BCUT2D eigenvalue weighted by molar-refractivity contribution is -0.00128. The van der Waals surface area contributed by atoms with Gasteiger partial charge in [-0.05, 0) is 32.2 Å². The first kappa shape index (κ1) is 13.2. The summed E-state index contributed by atoms with van der Waals surface area (Å²) in [5, 5.41) is 2.65. The Morgan fingerprint density at radius 1 is 1.44 bits per heavy atom. The molecule has 0 heterocycles. The van der Waals surface area contributed by atoms with Crippen molar-refractivity contribution in [2.75, 3.05) is 20.2 Å². The van der Waals surface area contributed by atoms with E-state index in [-0.39, 0.29) is 10.6 Å². The van der Waals surface area contributed by atoms with Gasteiger partial charge in [-0.3, -0.25) is 0 Å². The highest BCUT2D eigenvalue weighted by molar-refractivity contribution is 6.32. The summed E-state index contributed by atoms with van der Waals surface area (Å²) >= 11 is 5.84. The molecule has 0 aliphatic rings. The van der Waals surface area contributed by atoms with Gasteiger partial charge < -0.3 is 10.1 Å². The summed E-state index contributed by atoms with van der Waals surface area (Å²) in [7, 11) is 1.48. The minimum Gasteiger partial charge on any atom is -0.492 e. The highest BCUT2D eigenvalue weighted by Gasteiger charge is 2.31. The Morgan fingerprint density at radius 2 is 2.12 bits per heavy atom. The van der Waals surface area contributed by atoms with Crippen molar-refractivity contribution >= 4 is 11.6 Å². The molecule has 0 aromatic heterocycles. The van der Waals surface area contributed by atoms with Crippen molar-refractivity contribution in [3.63, 3.8) is 0 Å². The first-order valence-electron chi connectivity index (χ1n) is 4.96. The van der Waals surface area contributed by atoms with E-state index in [0.29, 0.717) is 12.4 Å². The van der Waals surface area contributed by atoms with Crippen molar-refractivity contribution < 1.29 is 13.5 Å². The molecule has 1 N–H and O–H groups in total. The molecule has 1 aromatic carbocycles. The second-order valence-electron chi connectivity index (χ2n) is 3.31. The van der Waals surface area contributed by atoms with Gasteiger partial charge in [0.1, 0.15) is 5.75 Å². The SMILES string of the molecule is CCOc1ccc(C(F)(F)CNC)cc1Cl. The summed E-state index contributed by atoms with van der Waals surface area (Å²) in [6, 6.07) is 4.03. The summed E-state index contributed by atoms with van der Waals surface area (Å²) in [5.41, 5.74) is -0.115. The molecule has 0 aliphatic heterocycles. The zero-order valence-corrected chi connectivity index (χ0v) is 9.94. The van der Waals surface area contributed by atoms with Crippen LogP contribution in [0.4, 0.5) is 8.78 Å². The molecule has 2 nitrogen and oxygen atoms in total. The van der Waals surface area contributed by atoms with Gasteiger partial charge in [-0.25, -0.2) is 0 Å². The summed E-state index contributed by atoms with van der Waals surface area (Å²) in [5.74, 6) is -2.50. The predicted octanol–water partition coefficient (Wildman–Crippen LogP) is 3.05. The van der Waals surface area contributed by atoms with Crippen LogP contribution in [0.15, 0.2) is 18.2 Å². The van der Waals surface area contributed by atoms with E-state index in [1.54, 1.807) is 6.92 Å². The van der Waals surface area contributed by atoms with Gasteiger partial charge in [0.15, 0.2) is 0 Å². The molecule has 0 radical (unpaired) electrons. The number of benzene rings is 1. The summed E-state index contributed by atoms with van der Waals surface area (Å²) < 4.78 is 32.2. The van der Waals surface area contributed by atoms with E-state index < -0.39 is 12.5 Å². The van der Waals surface area contributed by atoms with E-state index in [4.69, 9.17) is 16.3 Å². The molecular weight excluding hydrogens is 236 g/mol. The molecule has 5 heteroatoms. The Bertz CT molecular complexity index is 358. The molecule has 0 spiro atoms. The van der Waals surface area contributed by atoms with E-state index in [9.17, 15) is 8.78 Å². The summed E-state index contributed by atoms with van der Waals surface area (Å²) in [6.07, 6.45) is 0. The molecule has 0 aliphatic carbocycles. The van der Waals surface area contributed by atoms with Crippen LogP contribution in [-0.4, -0.2) is 20.2 Å². The van der Waals surface area contributed by atoms with Crippen molar-refractivity contribution in [2.24, 2.45) is 0 Å². The van der Waals surface area contributed by atoms with Crippen molar-refractivity contribution in [3.05, 3.63) is 28.8 Å². The highest BCUT2D eigenvalue weighted by atomic mass is 35.5. The maximum absolute atomic E-state index is 13.5. The van der Waals surface area contributed by atoms with Crippen LogP contribution in [0.3, 0.4) is 0 Å². The molecule has 1 rings (SSSR count). The maximum Gasteiger partial charge on any atom is 0.285 e. The van der Waals surface area contributed by atoms with Crippen LogP contribution < -0.4 is 10.1 Å². The van der Waals surface area contributed by atoms with Gasteiger partial charge in [0, 0.05) is 5.56 Å². The van der Waals surface area contributed by atoms with Crippen LogP contribution in [-0.2, 0) is 5.92 Å². The number of alkyl halides is 2. The predicted molar refractivity (Wildman–Crippen MR) is 60.4 cm³/mol. The minimum atomic E-state index is -2.93. The van der Waals surface area contributed by atoms with E-state index in [2.05, 4.69) is 5.32 Å². The topological polar surface area (TPSA) is 21.3 Å². The van der Waals surface area contributed by atoms with Crippen LogP contribution >= 0.6 is 11.6 Å². The second-order valence-corrected chi connectivity index (χ2v) is 3.72. The van der Waals surface area contributed by atoms with Crippen LogP contribution in [0.25, 0.3) is 0 Å². The molecule has 90 valence electrons. The van der Waals surface area contributed by atoms with Crippen molar-refractivity contribution in [2.45, 2.75) is 12.8 Å². The molecular formula is C11H14ClF2NO. The van der Waals surface area contributed by atoms with E-state index in [1.807, 2.05) is 0 Å². The minimum absolute atomic E-state index is 0.115. The standard InChI is InChI=1S/C11H14ClF2NO/c1-3-16-10-5-4-8(6-9(10)12)11(13,14)7-15-2/h4-6,15H,3,7H2,1-2H3. The monoisotopic (exact) mass is 249 g/mol. The van der Waals surface area contributed by atoms with Gasteiger partial charge >= 0.3 is 0 Å². The Morgan fingerprint density at radius 3 is 2.62 bits per heavy atom. The molecule has 0 unspecified atom stereocenters. The summed E-state index contributed by atoms with van der Waals surface area (Å²) in [6.45, 7) is 1.84. The van der Waals surface area contributed by atoms with Crippen molar-refractivity contribution in [3.8, 4) is 5.75 Å². The third kappa shape index (κ3) is 3.06. The van der Waals surface area contributed by atoms with Crippen LogP contribution in [0.2, 0.25) is 5.02 Å². The first-order chi connectivity index (χ1) is 7.51. The molecule has 0 atom stereocenters. The molecule has 0 amide bonds. The van der Waals surface area contributed by atoms with Gasteiger partial charge in [-0.15, -0.1) is 0 Å². The van der Waals surface area contributed by atoms with Crippen LogP contribution in [0.5, 0.6) is 5.75 Å². The zero-order valence-electron chi connectivity index (χ0n) is 9.19. The van der Waals surface area contributed by atoms with Gasteiger partial charge in [-0.1, -0.05) is 11.6 Å². The Kier molecular flexibility index (Phi) is 4.50. The number of rotatable bonds is 5. The number of hydrogen-bond acceptors (Lipinski definition) is 2. The van der Waals surface area contributed by atoms with Crippen LogP contribution in [0, 0.1) is 0 Å². The third-order valence-corrected chi connectivity index (χ3v) is 2.35. The lowest BCUT2D eigenvalue weighted by atomic mass is 10.1. The van der Waals surface area contributed by atoms with Gasteiger partial charge in [0.25, 0.3) is 5.92 Å². The van der Waals surface area contributed by atoms with Crippen molar-refractivity contribution in [1.29, 1.82) is 0 Å². The Labute approximate surface area is 98.6 Å². The normalized spacial score (nSPS) is 11.6. The lowest BCUT2D eigenvalue weighted by Crippen LogP contribution is -2.28. The quantitative estimate of drug-likeness (QED) is 0.866. The molecule has 16 heavy (non-hydrogen) atoms. The number of hydrogen-bond donors (Lipinski definition) is 1. The fourth-order valence-electron chi connectivity index (χ4n) is 1.32. The van der Waals surface area contributed by atoms with Gasteiger partial charge in [0.05, 0.1) is 18.2 Å². The number of ether oxygens (including phenoxy) is 1. The molecule has 0 bridgehead atoms. The highest BCUT2D eigenvalue weighted by Crippen LogP contribution is 2.33. The average molecular weight is 250 g/mol. The Hall–Kier alpha value is -0.870. The third-order valence-electron chi connectivity index (χ3n) is 2.05. The van der Waals surface area contributed by atoms with Gasteiger partial charge in [-0.2, -0.15) is 8.78 Å². The smallest absolute Gasteiger partial charge is 0.285 e. The van der Waals surface area contributed by atoms with Gasteiger partial charge in [0.2, 0.25) is 0 Å². The molecule has 0 saturated heterocycles. The number of likely N-dealkylation sites (N-methyl/N-ethyl adjacent to an activating group) is 1. The Balaban J connectivity index is 2.96. The van der Waals surface area contributed by atoms with E-state index in [0.717, 1.165) is 0 Å². The first-order valence-corrected chi connectivity index (χ1v) is 5.34.